The van der Waals surface area contributed by atoms with E-state index >= 15 is 0 Å². The second-order valence-corrected chi connectivity index (χ2v) is 4.26. The summed E-state index contributed by atoms with van der Waals surface area (Å²) < 4.78 is 52.2. The highest BCUT2D eigenvalue weighted by molar-refractivity contribution is 5.37. The first-order valence-electron chi connectivity index (χ1n) is 5.88. The Labute approximate surface area is 112 Å². The number of hydrogen-bond acceptors (Lipinski definition) is 3. The van der Waals surface area contributed by atoms with Crippen molar-refractivity contribution in [3.8, 4) is 5.69 Å². The van der Waals surface area contributed by atoms with Gasteiger partial charge in [0.05, 0.1) is 29.2 Å². The van der Waals surface area contributed by atoms with Gasteiger partial charge in [-0.2, -0.15) is 13.2 Å². The molecular weight excluding hydrogens is 276 g/mol. The molecule has 0 bridgehead atoms. The van der Waals surface area contributed by atoms with E-state index in [1.165, 1.54) is 12.3 Å². The molecule has 20 heavy (non-hydrogen) atoms. The second kappa shape index (κ2) is 5.20. The smallest absolute Gasteiger partial charge is 0.323 e. The highest BCUT2D eigenvalue weighted by Crippen LogP contribution is 2.32. The van der Waals surface area contributed by atoms with Crippen molar-refractivity contribution in [3.63, 3.8) is 0 Å². The number of nitrogens with two attached hydrogens (primary N) is 1. The molecule has 0 fully saturated rings. The van der Waals surface area contributed by atoms with Gasteiger partial charge in [-0.05, 0) is 24.6 Å². The molecular formula is C12H12F4N4. The predicted molar refractivity (Wildman–Crippen MR) is 63.5 cm³/mol. The average Bonchev–Trinajstić information content (AvgIpc) is 2.86. The van der Waals surface area contributed by atoms with E-state index in [0.29, 0.717) is 18.2 Å². The molecule has 0 saturated heterocycles. The van der Waals surface area contributed by atoms with Gasteiger partial charge in [0.1, 0.15) is 5.82 Å². The Morgan fingerprint density at radius 1 is 1.35 bits per heavy atom. The fraction of sp³-hybridized carbons (Fsp3) is 0.333. The molecule has 0 saturated carbocycles. The molecule has 1 atom stereocenters. The Hall–Kier alpha value is -1.96. The zero-order valence-corrected chi connectivity index (χ0v) is 10.5. The molecule has 0 aliphatic heterocycles. The van der Waals surface area contributed by atoms with E-state index in [1.54, 1.807) is 0 Å². The number of hydrogen-bond donors (Lipinski definition) is 1. The summed E-state index contributed by atoms with van der Waals surface area (Å²) in [6, 6.07) is 2.29. The molecule has 4 nitrogen and oxygen atoms in total. The second-order valence-electron chi connectivity index (χ2n) is 4.26. The summed E-state index contributed by atoms with van der Waals surface area (Å²) in [4.78, 5) is 0. The summed E-state index contributed by atoms with van der Waals surface area (Å²) in [6.07, 6.45) is -2.71. The Kier molecular flexibility index (Phi) is 3.76. The molecule has 1 heterocycles. The first kappa shape index (κ1) is 14.4. The number of halogens is 4. The summed E-state index contributed by atoms with van der Waals surface area (Å²) in [5, 5.41) is 7.50. The van der Waals surface area contributed by atoms with Crippen LogP contribution in [0.25, 0.3) is 5.69 Å². The number of rotatable bonds is 3. The molecule has 0 aliphatic rings. The SMILES string of the molecule is CCC(N)c1cn(-c2ccc(F)c(C(F)(F)F)c2)nn1. The van der Waals surface area contributed by atoms with Crippen molar-refractivity contribution in [1.29, 1.82) is 0 Å². The van der Waals surface area contributed by atoms with Crippen LogP contribution in [0, 0.1) is 5.82 Å². The molecule has 2 aromatic rings. The summed E-state index contributed by atoms with van der Waals surface area (Å²) >= 11 is 0. The number of alkyl halides is 3. The zero-order chi connectivity index (χ0) is 14.9. The fourth-order valence-electron chi connectivity index (χ4n) is 1.65. The van der Waals surface area contributed by atoms with Gasteiger partial charge >= 0.3 is 6.18 Å². The van der Waals surface area contributed by atoms with Gasteiger partial charge in [0, 0.05) is 0 Å². The third-order valence-corrected chi connectivity index (χ3v) is 2.85. The van der Waals surface area contributed by atoms with Gasteiger partial charge in [0.15, 0.2) is 0 Å². The van der Waals surface area contributed by atoms with Gasteiger partial charge in [-0.15, -0.1) is 5.10 Å². The van der Waals surface area contributed by atoms with E-state index in [9.17, 15) is 17.6 Å². The van der Waals surface area contributed by atoms with Crippen LogP contribution in [0.3, 0.4) is 0 Å². The quantitative estimate of drug-likeness (QED) is 0.884. The minimum atomic E-state index is -4.76. The Morgan fingerprint density at radius 3 is 2.65 bits per heavy atom. The van der Waals surface area contributed by atoms with Gasteiger partial charge < -0.3 is 5.73 Å². The predicted octanol–water partition coefficient (Wildman–Crippen LogP) is 2.84. The minimum absolute atomic E-state index is 0.0702. The van der Waals surface area contributed by atoms with Crippen LogP contribution in [0.5, 0.6) is 0 Å². The molecule has 2 rings (SSSR count). The van der Waals surface area contributed by atoms with Crippen molar-refractivity contribution in [2.24, 2.45) is 5.73 Å². The fourth-order valence-corrected chi connectivity index (χ4v) is 1.65. The average molecular weight is 288 g/mol. The lowest BCUT2D eigenvalue weighted by atomic mass is 10.1. The lowest BCUT2D eigenvalue weighted by Crippen LogP contribution is -2.10. The summed E-state index contributed by atoms with van der Waals surface area (Å²) in [6.45, 7) is 1.85. The van der Waals surface area contributed by atoms with Crippen LogP contribution in [-0.2, 0) is 6.18 Å². The van der Waals surface area contributed by atoms with Gasteiger partial charge in [0.2, 0.25) is 0 Å². The number of aromatic nitrogens is 3. The Bertz CT molecular complexity index is 606. The Morgan fingerprint density at radius 2 is 2.05 bits per heavy atom. The highest BCUT2D eigenvalue weighted by atomic mass is 19.4. The molecule has 1 unspecified atom stereocenters. The van der Waals surface area contributed by atoms with E-state index in [1.807, 2.05) is 6.92 Å². The summed E-state index contributed by atoms with van der Waals surface area (Å²) in [5.41, 5.74) is 4.95. The molecule has 1 aromatic heterocycles. The van der Waals surface area contributed by atoms with Crippen molar-refractivity contribution in [3.05, 3.63) is 41.5 Å². The summed E-state index contributed by atoms with van der Waals surface area (Å²) in [5.74, 6) is -1.33. The van der Waals surface area contributed by atoms with E-state index in [-0.39, 0.29) is 11.7 Å². The van der Waals surface area contributed by atoms with E-state index < -0.39 is 17.6 Å². The van der Waals surface area contributed by atoms with Crippen molar-refractivity contribution in [2.45, 2.75) is 25.6 Å². The molecule has 0 aliphatic carbocycles. The number of nitrogens with zero attached hydrogens (tertiary/aromatic N) is 3. The maximum atomic E-state index is 13.2. The van der Waals surface area contributed by atoms with E-state index in [0.717, 1.165) is 10.7 Å². The van der Waals surface area contributed by atoms with Gasteiger partial charge in [-0.1, -0.05) is 12.1 Å². The molecule has 0 spiro atoms. The monoisotopic (exact) mass is 288 g/mol. The molecule has 2 N–H and O–H groups in total. The zero-order valence-electron chi connectivity index (χ0n) is 10.5. The first-order valence-corrected chi connectivity index (χ1v) is 5.88. The molecule has 108 valence electrons. The molecule has 0 amide bonds. The lowest BCUT2D eigenvalue weighted by Gasteiger charge is -2.09. The van der Waals surface area contributed by atoms with Crippen LogP contribution in [-0.4, -0.2) is 15.0 Å². The standard InChI is InChI=1S/C12H12F4N4/c1-2-10(17)11-6-20(19-18-11)7-3-4-9(13)8(5-7)12(14,15)16/h3-6,10H,2,17H2,1H3. The minimum Gasteiger partial charge on any atom is -0.323 e. The third kappa shape index (κ3) is 2.79. The lowest BCUT2D eigenvalue weighted by molar-refractivity contribution is -0.140. The molecule has 8 heteroatoms. The highest BCUT2D eigenvalue weighted by Gasteiger charge is 2.34. The van der Waals surface area contributed by atoms with Crippen LogP contribution < -0.4 is 5.73 Å². The van der Waals surface area contributed by atoms with E-state index in [4.69, 9.17) is 5.73 Å². The summed E-state index contributed by atoms with van der Waals surface area (Å²) in [7, 11) is 0. The van der Waals surface area contributed by atoms with Gasteiger partial charge in [-0.25, -0.2) is 9.07 Å². The van der Waals surface area contributed by atoms with Crippen LogP contribution >= 0.6 is 0 Å². The largest absolute Gasteiger partial charge is 0.419 e. The van der Waals surface area contributed by atoms with E-state index in [2.05, 4.69) is 10.3 Å². The van der Waals surface area contributed by atoms with Crippen LogP contribution in [0.1, 0.15) is 30.6 Å². The maximum absolute atomic E-state index is 13.2. The van der Waals surface area contributed by atoms with Crippen LogP contribution in [0.4, 0.5) is 17.6 Å². The van der Waals surface area contributed by atoms with Crippen molar-refractivity contribution < 1.29 is 17.6 Å². The Balaban J connectivity index is 2.41. The van der Waals surface area contributed by atoms with Crippen LogP contribution in [0.2, 0.25) is 0 Å². The van der Waals surface area contributed by atoms with Crippen molar-refractivity contribution in [2.75, 3.05) is 0 Å². The normalized spacial score (nSPS) is 13.5. The van der Waals surface area contributed by atoms with Crippen molar-refractivity contribution in [1.82, 2.24) is 15.0 Å². The molecule has 1 aromatic carbocycles. The first-order chi connectivity index (χ1) is 9.32. The third-order valence-electron chi connectivity index (χ3n) is 2.85. The van der Waals surface area contributed by atoms with Gasteiger partial charge in [0.25, 0.3) is 0 Å². The van der Waals surface area contributed by atoms with Gasteiger partial charge in [-0.3, -0.25) is 0 Å². The topological polar surface area (TPSA) is 56.7 Å². The number of benzene rings is 1. The van der Waals surface area contributed by atoms with Crippen LogP contribution in [0.15, 0.2) is 24.4 Å². The van der Waals surface area contributed by atoms with Crippen molar-refractivity contribution >= 4 is 0 Å². The maximum Gasteiger partial charge on any atom is 0.419 e. The molecule has 0 radical (unpaired) electrons.